The summed E-state index contributed by atoms with van der Waals surface area (Å²) < 4.78 is 1.44. The summed E-state index contributed by atoms with van der Waals surface area (Å²) in [6.45, 7) is 4.18. The number of hydrogen-bond donors (Lipinski definition) is 1. The molecule has 0 aliphatic heterocycles. The molecular formula is C10H19N5O2. The van der Waals surface area contributed by atoms with Gasteiger partial charge in [-0.15, -0.1) is 5.10 Å². The fourth-order valence-corrected chi connectivity index (χ4v) is 1.86. The van der Waals surface area contributed by atoms with E-state index in [0.717, 1.165) is 0 Å². The maximum absolute atomic E-state index is 11.5. The molecule has 1 aromatic rings. The lowest BCUT2D eigenvalue weighted by Gasteiger charge is -2.27. The summed E-state index contributed by atoms with van der Waals surface area (Å²) in [5.74, 6) is -0.323. The Labute approximate surface area is 100 Å². The van der Waals surface area contributed by atoms with Crippen molar-refractivity contribution in [3.05, 3.63) is 5.82 Å². The highest BCUT2D eigenvalue weighted by molar-refractivity contribution is 5.76. The molecule has 1 N–H and O–H groups in total. The molecule has 1 rings (SSSR count). The van der Waals surface area contributed by atoms with Gasteiger partial charge in [-0.25, -0.2) is 9.48 Å². The van der Waals surface area contributed by atoms with Crippen molar-refractivity contribution in [3.63, 3.8) is 0 Å². The fourth-order valence-electron chi connectivity index (χ4n) is 1.86. The molecule has 0 saturated carbocycles. The van der Waals surface area contributed by atoms with Crippen LogP contribution in [-0.2, 0) is 16.9 Å². The monoisotopic (exact) mass is 241 g/mol. The first-order valence-electron chi connectivity index (χ1n) is 5.63. The van der Waals surface area contributed by atoms with Crippen LogP contribution in [0.3, 0.4) is 0 Å². The predicted octanol–water partition coefficient (Wildman–Crippen LogP) is 0.335. The molecular weight excluding hydrogens is 222 g/mol. The second kappa shape index (κ2) is 5.22. The molecule has 0 aliphatic carbocycles. The molecule has 0 radical (unpaired) electrons. The van der Waals surface area contributed by atoms with Crippen LogP contribution >= 0.6 is 0 Å². The van der Waals surface area contributed by atoms with Crippen LogP contribution in [0.1, 0.15) is 32.5 Å². The smallest absolute Gasteiger partial charge is 0.331 e. The third kappa shape index (κ3) is 2.44. The first kappa shape index (κ1) is 13.6. The van der Waals surface area contributed by atoms with Gasteiger partial charge in [0.1, 0.15) is 0 Å². The van der Waals surface area contributed by atoms with E-state index in [1.807, 2.05) is 32.8 Å². The molecule has 0 atom stereocenters. The SMILES string of the molecule is CCC(CC)(C(=O)O)n1nnnc1CN(C)C. The van der Waals surface area contributed by atoms with Crippen LogP contribution in [-0.4, -0.2) is 50.3 Å². The van der Waals surface area contributed by atoms with Gasteiger partial charge in [0.25, 0.3) is 0 Å². The van der Waals surface area contributed by atoms with Gasteiger partial charge in [-0.1, -0.05) is 13.8 Å². The van der Waals surface area contributed by atoms with Crippen LogP contribution in [0, 0.1) is 0 Å². The largest absolute Gasteiger partial charge is 0.479 e. The van der Waals surface area contributed by atoms with Gasteiger partial charge < -0.3 is 10.0 Å². The molecule has 0 saturated heterocycles. The van der Waals surface area contributed by atoms with Gasteiger partial charge in [0.15, 0.2) is 11.4 Å². The second-order valence-electron chi connectivity index (χ2n) is 4.29. The van der Waals surface area contributed by atoms with E-state index in [4.69, 9.17) is 0 Å². The van der Waals surface area contributed by atoms with Crippen LogP contribution in [0.15, 0.2) is 0 Å². The molecule has 0 fully saturated rings. The number of rotatable bonds is 6. The number of carboxylic acids is 1. The number of hydrogen-bond acceptors (Lipinski definition) is 5. The molecule has 7 heteroatoms. The van der Waals surface area contributed by atoms with Crippen LogP contribution in [0.5, 0.6) is 0 Å². The Bertz CT molecular complexity index is 384. The van der Waals surface area contributed by atoms with E-state index in [1.165, 1.54) is 4.68 Å². The lowest BCUT2D eigenvalue weighted by atomic mass is 9.93. The Hall–Kier alpha value is -1.50. The third-order valence-electron chi connectivity index (χ3n) is 2.97. The average Bonchev–Trinajstić information content (AvgIpc) is 2.68. The zero-order valence-electron chi connectivity index (χ0n) is 10.7. The lowest BCUT2D eigenvalue weighted by Crippen LogP contribution is -2.43. The molecule has 0 bridgehead atoms. The predicted molar refractivity (Wildman–Crippen MR) is 61.4 cm³/mol. The van der Waals surface area contributed by atoms with Crippen LogP contribution in [0.2, 0.25) is 0 Å². The summed E-state index contributed by atoms with van der Waals surface area (Å²) in [6.07, 6.45) is 0.897. The summed E-state index contributed by atoms with van der Waals surface area (Å²) in [4.78, 5) is 13.4. The van der Waals surface area contributed by atoms with Crippen molar-refractivity contribution in [3.8, 4) is 0 Å². The molecule has 7 nitrogen and oxygen atoms in total. The van der Waals surface area contributed by atoms with Gasteiger partial charge in [-0.2, -0.15) is 0 Å². The Kier molecular flexibility index (Phi) is 4.17. The Morgan fingerprint density at radius 1 is 1.41 bits per heavy atom. The van der Waals surface area contributed by atoms with E-state index < -0.39 is 11.5 Å². The van der Waals surface area contributed by atoms with Gasteiger partial charge in [0, 0.05) is 0 Å². The van der Waals surface area contributed by atoms with Gasteiger partial charge >= 0.3 is 5.97 Å². The van der Waals surface area contributed by atoms with Gasteiger partial charge in [0.2, 0.25) is 0 Å². The zero-order valence-corrected chi connectivity index (χ0v) is 10.7. The third-order valence-corrected chi connectivity index (χ3v) is 2.97. The van der Waals surface area contributed by atoms with Gasteiger partial charge in [-0.3, -0.25) is 0 Å². The summed E-state index contributed by atoms with van der Waals surface area (Å²) in [6, 6.07) is 0. The highest BCUT2D eigenvalue weighted by atomic mass is 16.4. The van der Waals surface area contributed by atoms with Crippen LogP contribution in [0.25, 0.3) is 0 Å². The number of tetrazole rings is 1. The van der Waals surface area contributed by atoms with E-state index in [9.17, 15) is 9.90 Å². The molecule has 0 aliphatic rings. The Balaban J connectivity index is 3.19. The Morgan fingerprint density at radius 2 is 2.00 bits per heavy atom. The van der Waals surface area contributed by atoms with Crippen molar-refractivity contribution < 1.29 is 9.90 Å². The minimum absolute atomic E-state index is 0.449. The first-order valence-corrected chi connectivity index (χ1v) is 5.63. The highest BCUT2D eigenvalue weighted by Gasteiger charge is 2.40. The van der Waals surface area contributed by atoms with Crippen molar-refractivity contribution in [2.24, 2.45) is 0 Å². The number of carbonyl (C=O) groups is 1. The van der Waals surface area contributed by atoms with E-state index in [1.54, 1.807) is 0 Å². The molecule has 0 amide bonds. The van der Waals surface area contributed by atoms with Crippen molar-refractivity contribution in [1.29, 1.82) is 0 Å². The number of carboxylic acid groups (broad SMARTS) is 1. The van der Waals surface area contributed by atoms with Crippen LogP contribution < -0.4 is 0 Å². The number of nitrogens with zero attached hydrogens (tertiary/aromatic N) is 5. The minimum atomic E-state index is -1.05. The standard InChI is InChI=1S/C10H19N5O2/c1-5-10(6-2,9(16)17)15-8(7-14(3)4)11-12-13-15/h5-7H2,1-4H3,(H,16,17). The van der Waals surface area contributed by atoms with E-state index in [2.05, 4.69) is 15.5 Å². The molecule has 1 heterocycles. The van der Waals surface area contributed by atoms with Gasteiger partial charge in [-0.05, 0) is 37.4 Å². The first-order chi connectivity index (χ1) is 7.97. The van der Waals surface area contributed by atoms with Crippen molar-refractivity contribution in [1.82, 2.24) is 25.1 Å². The zero-order chi connectivity index (χ0) is 13.1. The quantitative estimate of drug-likeness (QED) is 0.773. The number of aromatic nitrogens is 4. The summed E-state index contributed by atoms with van der Waals surface area (Å²) in [5, 5.41) is 20.8. The number of aliphatic carboxylic acids is 1. The van der Waals surface area contributed by atoms with E-state index in [-0.39, 0.29) is 0 Å². The van der Waals surface area contributed by atoms with E-state index >= 15 is 0 Å². The normalized spacial score (nSPS) is 12.1. The average molecular weight is 241 g/mol. The molecule has 0 unspecified atom stereocenters. The van der Waals surface area contributed by atoms with Crippen molar-refractivity contribution in [2.45, 2.75) is 38.8 Å². The summed E-state index contributed by atoms with van der Waals surface area (Å²) in [7, 11) is 3.78. The molecule has 17 heavy (non-hydrogen) atoms. The maximum Gasteiger partial charge on any atom is 0.331 e. The lowest BCUT2D eigenvalue weighted by molar-refractivity contribution is -0.149. The topological polar surface area (TPSA) is 84.1 Å². The fraction of sp³-hybridized carbons (Fsp3) is 0.800. The molecule has 0 spiro atoms. The van der Waals surface area contributed by atoms with Crippen molar-refractivity contribution >= 4 is 5.97 Å². The molecule has 0 aromatic carbocycles. The molecule has 1 aromatic heterocycles. The highest BCUT2D eigenvalue weighted by Crippen LogP contribution is 2.25. The summed E-state index contributed by atoms with van der Waals surface area (Å²) in [5.41, 5.74) is -1.05. The van der Waals surface area contributed by atoms with Gasteiger partial charge in [0.05, 0.1) is 6.54 Å². The maximum atomic E-state index is 11.5. The molecule has 96 valence electrons. The minimum Gasteiger partial charge on any atom is -0.479 e. The Morgan fingerprint density at radius 3 is 2.41 bits per heavy atom. The summed E-state index contributed by atoms with van der Waals surface area (Å²) >= 11 is 0. The van der Waals surface area contributed by atoms with E-state index in [0.29, 0.717) is 25.2 Å². The van der Waals surface area contributed by atoms with Crippen molar-refractivity contribution in [2.75, 3.05) is 14.1 Å². The van der Waals surface area contributed by atoms with Crippen LogP contribution in [0.4, 0.5) is 0 Å². The second-order valence-corrected chi connectivity index (χ2v) is 4.29.